The number of anilines is 1. The lowest BCUT2D eigenvalue weighted by atomic mass is 9.85. The van der Waals surface area contributed by atoms with Crippen molar-refractivity contribution in [2.24, 2.45) is 0 Å². The highest BCUT2D eigenvalue weighted by molar-refractivity contribution is 9.10. The molecule has 1 aromatic heterocycles. The first kappa shape index (κ1) is 11.8. The van der Waals surface area contributed by atoms with E-state index in [1.54, 1.807) is 13.3 Å². The van der Waals surface area contributed by atoms with E-state index in [2.05, 4.69) is 25.9 Å². The van der Waals surface area contributed by atoms with Crippen molar-refractivity contribution in [3.8, 4) is 0 Å². The minimum atomic E-state index is 0.414. The number of rotatable bonds is 2. The van der Waals surface area contributed by atoms with Crippen LogP contribution in [0.15, 0.2) is 10.8 Å². The van der Waals surface area contributed by atoms with E-state index in [9.17, 15) is 0 Å². The molecule has 0 spiro atoms. The summed E-state index contributed by atoms with van der Waals surface area (Å²) in [4.78, 5) is 8.57. The Morgan fingerprint density at radius 1 is 1.38 bits per heavy atom. The lowest BCUT2D eigenvalue weighted by Gasteiger charge is -2.27. The van der Waals surface area contributed by atoms with Gasteiger partial charge in [-0.15, -0.1) is 0 Å². The molecule has 0 aliphatic heterocycles. The van der Waals surface area contributed by atoms with Crippen molar-refractivity contribution in [2.75, 3.05) is 12.8 Å². The van der Waals surface area contributed by atoms with Crippen LogP contribution in [0.1, 0.15) is 37.3 Å². The number of nitrogens with two attached hydrogens (primary N) is 1. The van der Waals surface area contributed by atoms with Gasteiger partial charge in [-0.2, -0.15) is 0 Å². The predicted octanol–water partition coefficient (Wildman–Crippen LogP) is 2.49. The fraction of sp³-hybridized carbons (Fsp3) is 0.636. The van der Waals surface area contributed by atoms with Crippen LogP contribution in [0.3, 0.4) is 0 Å². The van der Waals surface area contributed by atoms with Crippen molar-refractivity contribution in [2.45, 2.75) is 37.7 Å². The molecule has 5 heteroatoms. The number of hydrogen-bond acceptors (Lipinski definition) is 4. The number of halogens is 1. The van der Waals surface area contributed by atoms with Gasteiger partial charge < -0.3 is 10.5 Å². The molecule has 1 aliphatic carbocycles. The maximum absolute atomic E-state index is 5.58. The van der Waals surface area contributed by atoms with Gasteiger partial charge in [-0.1, -0.05) is 0 Å². The lowest BCUT2D eigenvalue weighted by molar-refractivity contribution is 0.0654. The first-order valence-electron chi connectivity index (χ1n) is 5.51. The fourth-order valence-electron chi connectivity index (χ4n) is 2.23. The molecular weight excluding hydrogens is 270 g/mol. The Labute approximate surface area is 104 Å². The molecule has 0 bridgehead atoms. The molecule has 16 heavy (non-hydrogen) atoms. The standard InChI is InChI=1S/C11H16BrN3O/c1-16-8-4-2-7(3-5-8)10-11(12)15-9(13)6-14-10/h6-8H,2-5H2,1H3,(H2,13,15). The zero-order valence-corrected chi connectivity index (χ0v) is 10.9. The average Bonchev–Trinajstić information content (AvgIpc) is 2.29. The van der Waals surface area contributed by atoms with E-state index in [4.69, 9.17) is 10.5 Å². The molecule has 2 N–H and O–H groups in total. The summed E-state index contributed by atoms with van der Waals surface area (Å²) in [6.07, 6.45) is 6.45. The molecule has 4 nitrogen and oxygen atoms in total. The van der Waals surface area contributed by atoms with Gasteiger partial charge >= 0.3 is 0 Å². The number of hydrogen-bond donors (Lipinski definition) is 1. The first-order chi connectivity index (χ1) is 7.70. The maximum atomic E-state index is 5.58. The fourth-order valence-corrected chi connectivity index (χ4v) is 2.87. The molecule has 1 heterocycles. The van der Waals surface area contributed by atoms with Gasteiger partial charge in [0.25, 0.3) is 0 Å². The second-order valence-corrected chi connectivity index (χ2v) is 4.93. The summed E-state index contributed by atoms with van der Waals surface area (Å²) < 4.78 is 6.14. The van der Waals surface area contributed by atoms with Crippen LogP contribution in [0.25, 0.3) is 0 Å². The van der Waals surface area contributed by atoms with E-state index < -0.39 is 0 Å². The van der Waals surface area contributed by atoms with Crippen molar-refractivity contribution in [1.29, 1.82) is 0 Å². The van der Waals surface area contributed by atoms with Gasteiger partial charge in [0, 0.05) is 13.0 Å². The Bertz CT molecular complexity index is 364. The van der Waals surface area contributed by atoms with Crippen LogP contribution < -0.4 is 5.73 Å². The van der Waals surface area contributed by atoms with Crippen LogP contribution in [-0.2, 0) is 4.74 Å². The van der Waals surface area contributed by atoms with E-state index in [0.29, 0.717) is 17.8 Å². The Morgan fingerprint density at radius 3 is 2.62 bits per heavy atom. The molecular formula is C11H16BrN3O. The molecule has 0 amide bonds. The van der Waals surface area contributed by atoms with Crippen LogP contribution in [0.2, 0.25) is 0 Å². The van der Waals surface area contributed by atoms with E-state index >= 15 is 0 Å². The first-order valence-corrected chi connectivity index (χ1v) is 6.30. The minimum Gasteiger partial charge on any atom is -0.382 e. The molecule has 0 unspecified atom stereocenters. The van der Waals surface area contributed by atoms with E-state index in [-0.39, 0.29) is 0 Å². The van der Waals surface area contributed by atoms with Gasteiger partial charge in [-0.05, 0) is 41.6 Å². The zero-order valence-electron chi connectivity index (χ0n) is 9.32. The number of methoxy groups -OCH3 is 1. The topological polar surface area (TPSA) is 61.0 Å². The minimum absolute atomic E-state index is 0.414. The summed E-state index contributed by atoms with van der Waals surface area (Å²) >= 11 is 3.43. The normalized spacial score (nSPS) is 25.6. The van der Waals surface area contributed by atoms with Gasteiger partial charge in [-0.25, -0.2) is 4.98 Å². The summed E-state index contributed by atoms with van der Waals surface area (Å²) in [7, 11) is 1.78. The van der Waals surface area contributed by atoms with E-state index in [1.807, 2.05) is 0 Å². The molecule has 0 saturated heterocycles. The second kappa shape index (κ2) is 5.10. The zero-order chi connectivity index (χ0) is 11.5. The summed E-state index contributed by atoms with van der Waals surface area (Å²) in [5, 5.41) is 0. The van der Waals surface area contributed by atoms with Crippen molar-refractivity contribution >= 4 is 21.7 Å². The SMILES string of the molecule is COC1CCC(c2ncc(N)nc2Br)CC1. The van der Waals surface area contributed by atoms with Crippen molar-refractivity contribution in [1.82, 2.24) is 9.97 Å². The lowest BCUT2D eigenvalue weighted by Crippen LogP contribution is -2.20. The summed E-state index contributed by atoms with van der Waals surface area (Å²) in [5.74, 6) is 0.940. The number of nitrogen functional groups attached to an aromatic ring is 1. The Hall–Kier alpha value is -0.680. The highest BCUT2D eigenvalue weighted by Crippen LogP contribution is 2.35. The van der Waals surface area contributed by atoms with E-state index in [1.165, 1.54) is 0 Å². The summed E-state index contributed by atoms with van der Waals surface area (Å²) in [5.41, 5.74) is 6.61. The molecule has 0 atom stereocenters. The third-order valence-corrected chi connectivity index (χ3v) is 3.75. The monoisotopic (exact) mass is 285 g/mol. The largest absolute Gasteiger partial charge is 0.382 e. The third kappa shape index (κ3) is 2.52. The van der Waals surface area contributed by atoms with Crippen LogP contribution in [-0.4, -0.2) is 23.2 Å². The van der Waals surface area contributed by atoms with E-state index in [0.717, 1.165) is 36.0 Å². The number of ether oxygens (including phenoxy) is 1. The number of nitrogens with zero attached hydrogens (tertiary/aromatic N) is 2. The van der Waals surface area contributed by atoms with Gasteiger partial charge in [0.1, 0.15) is 10.4 Å². The Balaban J connectivity index is 2.08. The quantitative estimate of drug-likeness (QED) is 0.907. The van der Waals surface area contributed by atoms with Crippen molar-refractivity contribution < 1.29 is 4.74 Å². The smallest absolute Gasteiger partial charge is 0.143 e. The van der Waals surface area contributed by atoms with Crippen LogP contribution in [0.5, 0.6) is 0 Å². The number of aromatic nitrogens is 2. The highest BCUT2D eigenvalue weighted by atomic mass is 79.9. The summed E-state index contributed by atoms with van der Waals surface area (Å²) in [6.45, 7) is 0. The van der Waals surface area contributed by atoms with Crippen molar-refractivity contribution in [3.63, 3.8) is 0 Å². The van der Waals surface area contributed by atoms with Gasteiger partial charge in [0.05, 0.1) is 18.0 Å². The molecule has 0 aromatic carbocycles. The molecule has 2 rings (SSSR count). The molecule has 0 radical (unpaired) electrons. The molecule has 1 fully saturated rings. The molecule has 1 aliphatic rings. The third-order valence-electron chi connectivity index (χ3n) is 3.17. The van der Waals surface area contributed by atoms with Crippen LogP contribution in [0, 0.1) is 0 Å². The predicted molar refractivity (Wildman–Crippen MR) is 66.2 cm³/mol. The Kier molecular flexibility index (Phi) is 3.76. The van der Waals surface area contributed by atoms with Crippen molar-refractivity contribution in [3.05, 3.63) is 16.5 Å². The second-order valence-electron chi connectivity index (χ2n) is 4.18. The maximum Gasteiger partial charge on any atom is 0.143 e. The van der Waals surface area contributed by atoms with Gasteiger partial charge in [-0.3, -0.25) is 4.98 Å². The van der Waals surface area contributed by atoms with Gasteiger partial charge in [0.15, 0.2) is 0 Å². The van der Waals surface area contributed by atoms with Crippen LogP contribution >= 0.6 is 15.9 Å². The highest BCUT2D eigenvalue weighted by Gasteiger charge is 2.24. The average molecular weight is 286 g/mol. The molecule has 88 valence electrons. The summed E-state index contributed by atoms with van der Waals surface area (Å²) in [6, 6.07) is 0. The van der Waals surface area contributed by atoms with Crippen LogP contribution in [0.4, 0.5) is 5.82 Å². The Morgan fingerprint density at radius 2 is 2.06 bits per heavy atom. The molecule has 1 aromatic rings. The molecule has 1 saturated carbocycles. The van der Waals surface area contributed by atoms with Gasteiger partial charge in [0.2, 0.25) is 0 Å².